The van der Waals surface area contributed by atoms with E-state index in [1.54, 1.807) is 17.6 Å². The smallest absolute Gasteiger partial charge is 0.250 e. The van der Waals surface area contributed by atoms with Gasteiger partial charge in [-0.2, -0.15) is 5.10 Å². The van der Waals surface area contributed by atoms with E-state index in [2.05, 4.69) is 36.7 Å². The lowest BCUT2D eigenvalue weighted by Crippen LogP contribution is -2.19. The number of amides is 1. The fourth-order valence-electron chi connectivity index (χ4n) is 2.21. The Labute approximate surface area is 167 Å². The molecule has 1 amide bonds. The second-order valence-corrected chi connectivity index (χ2v) is 8.58. The maximum Gasteiger partial charge on any atom is 0.250 e. The molecule has 1 aromatic carbocycles. The lowest BCUT2D eigenvalue weighted by molar-refractivity contribution is -0.118. The van der Waals surface area contributed by atoms with Crippen LogP contribution in [0.5, 0.6) is 0 Å². The van der Waals surface area contributed by atoms with Gasteiger partial charge < -0.3 is 4.57 Å². The van der Waals surface area contributed by atoms with Crippen molar-refractivity contribution >= 4 is 51.2 Å². The summed E-state index contributed by atoms with van der Waals surface area (Å²) < 4.78 is 3.02. The third-order valence-corrected chi connectivity index (χ3v) is 5.90. The van der Waals surface area contributed by atoms with E-state index in [1.165, 1.54) is 11.8 Å². The van der Waals surface area contributed by atoms with Gasteiger partial charge in [0.25, 0.3) is 5.91 Å². The van der Waals surface area contributed by atoms with E-state index in [-0.39, 0.29) is 11.7 Å². The number of benzene rings is 1. The van der Waals surface area contributed by atoms with E-state index in [4.69, 9.17) is 0 Å². The lowest BCUT2D eigenvalue weighted by Gasteiger charge is -2.06. The van der Waals surface area contributed by atoms with Crippen molar-refractivity contribution in [2.24, 2.45) is 5.10 Å². The second kappa shape index (κ2) is 9.11. The Morgan fingerprint density at radius 2 is 2.12 bits per heavy atom. The standard InChI is InChI=1S/C17H16BrN5OS2/c1-2-23-16(12-6-4-3-5-7-12)21-22-17(23)25-11-15(24)20-19-10-13-8-9-14(18)26-13/h3-10H,2,11H2,1H3,(H,20,24). The normalized spacial score (nSPS) is 11.2. The van der Waals surface area contributed by atoms with Crippen LogP contribution in [0.15, 0.2) is 56.5 Å². The topological polar surface area (TPSA) is 72.2 Å². The van der Waals surface area contributed by atoms with Gasteiger partial charge >= 0.3 is 0 Å². The van der Waals surface area contributed by atoms with Gasteiger partial charge in [0.2, 0.25) is 0 Å². The van der Waals surface area contributed by atoms with Gasteiger partial charge in [-0.05, 0) is 35.0 Å². The maximum atomic E-state index is 12.0. The molecular formula is C17H16BrN5OS2. The van der Waals surface area contributed by atoms with Gasteiger partial charge in [-0.25, -0.2) is 5.43 Å². The van der Waals surface area contributed by atoms with E-state index in [9.17, 15) is 4.79 Å². The predicted octanol–water partition coefficient (Wildman–Crippen LogP) is 4.03. The molecule has 0 spiro atoms. The van der Waals surface area contributed by atoms with Gasteiger partial charge in [0.05, 0.1) is 15.8 Å². The number of hydrazone groups is 1. The minimum Gasteiger partial charge on any atom is -0.302 e. The molecule has 0 fully saturated rings. The molecule has 0 unspecified atom stereocenters. The average Bonchev–Trinajstić information content (AvgIpc) is 3.26. The van der Waals surface area contributed by atoms with E-state index < -0.39 is 0 Å². The predicted molar refractivity (Wildman–Crippen MR) is 110 cm³/mol. The molecule has 0 aliphatic heterocycles. The first-order valence-electron chi connectivity index (χ1n) is 7.86. The Bertz CT molecular complexity index is 907. The molecule has 0 radical (unpaired) electrons. The Morgan fingerprint density at radius 1 is 1.31 bits per heavy atom. The third kappa shape index (κ3) is 4.80. The van der Waals surface area contributed by atoms with Crippen LogP contribution in [0.3, 0.4) is 0 Å². The fourth-order valence-corrected chi connectivity index (χ4v) is 4.30. The summed E-state index contributed by atoms with van der Waals surface area (Å²) in [5.74, 6) is 0.837. The summed E-state index contributed by atoms with van der Waals surface area (Å²) in [5.41, 5.74) is 3.53. The minimum atomic E-state index is -0.186. The first kappa shape index (κ1) is 18.8. The van der Waals surface area contributed by atoms with Crippen LogP contribution in [0.2, 0.25) is 0 Å². The lowest BCUT2D eigenvalue weighted by atomic mass is 10.2. The van der Waals surface area contributed by atoms with Crippen molar-refractivity contribution in [3.05, 3.63) is 51.1 Å². The van der Waals surface area contributed by atoms with E-state index >= 15 is 0 Å². The molecule has 3 aromatic rings. The highest BCUT2D eigenvalue weighted by atomic mass is 79.9. The Balaban J connectivity index is 1.58. The molecule has 9 heteroatoms. The first-order valence-corrected chi connectivity index (χ1v) is 10.5. The number of nitrogens with zero attached hydrogens (tertiary/aromatic N) is 4. The highest BCUT2D eigenvalue weighted by Gasteiger charge is 2.14. The SMILES string of the molecule is CCn1c(SCC(=O)NN=Cc2ccc(Br)s2)nnc1-c1ccccc1. The molecule has 2 heterocycles. The summed E-state index contributed by atoms with van der Waals surface area (Å²) in [6, 6.07) is 13.7. The molecule has 3 rings (SSSR count). The number of hydrogen-bond donors (Lipinski definition) is 1. The van der Waals surface area contributed by atoms with Crippen LogP contribution in [0.25, 0.3) is 11.4 Å². The molecule has 26 heavy (non-hydrogen) atoms. The minimum absolute atomic E-state index is 0.186. The summed E-state index contributed by atoms with van der Waals surface area (Å²) in [6.07, 6.45) is 1.63. The van der Waals surface area contributed by atoms with Crippen molar-refractivity contribution in [2.45, 2.75) is 18.6 Å². The summed E-state index contributed by atoms with van der Waals surface area (Å²) in [4.78, 5) is 12.9. The van der Waals surface area contributed by atoms with Crippen LogP contribution in [-0.4, -0.2) is 32.6 Å². The number of thioether (sulfide) groups is 1. The zero-order valence-electron chi connectivity index (χ0n) is 13.9. The van der Waals surface area contributed by atoms with Gasteiger partial charge in [0, 0.05) is 17.0 Å². The van der Waals surface area contributed by atoms with Crippen LogP contribution >= 0.6 is 39.0 Å². The largest absolute Gasteiger partial charge is 0.302 e. The number of thiophene rings is 1. The Hall–Kier alpha value is -1.97. The third-order valence-electron chi connectivity index (χ3n) is 3.37. The number of halogens is 1. The second-order valence-electron chi connectivity index (χ2n) is 5.14. The molecule has 0 aliphatic carbocycles. The highest BCUT2D eigenvalue weighted by molar-refractivity contribution is 9.11. The first-order chi connectivity index (χ1) is 12.7. The van der Waals surface area contributed by atoms with Gasteiger partial charge in [-0.3, -0.25) is 4.79 Å². The van der Waals surface area contributed by atoms with Crippen molar-refractivity contribution < 1.29 is 4.79 Å². The van der Waals surface area contributed by atoms with Crippen LogP contribution in [0.1, 0.15) is 11.8 Å². The summed E-state index contributed by atoms with van der Waals surface area (Å²) in [6.45, 7) is 2.76. The monoisotopic (exact) mass is 449 g/mol. The number of carbonyl (C=O) groups excluding carboxylic acids is 1. The molecule has 2 aromatic heterocycles. The Kier molecular flexibility index (Phi) is 6.59. The summed E-state index contributed by atoms with van der Waals surface area (Å²) in [7, 11) is 0. The van der Waals surface area contributed by atoms with Crippen molar-refractivity contribution in [2.75, 3.05) is 5.75 Å². The van der Waals surface area contributed by atoms with Gasteiger partial charge in [-0.15, -0.1) is 21.5 Å². The van der Waals surface area contributed by atoms with E-state index in [1.807, 2.05) is 54.0 Å². The summed E-state index contributed by atoms with van der Waals surface area (Å²) in [5, 5.41) is 13.2. The number of hydrogen-bond acceptors (Lipinski definition) is 6. The van der Waals surface area contributed by atoms with Crippen LogP contribution in [0, 0.1) is 0 Å². The van der Waals surface area contributed by atoms with Gasteiger partial charge in [-0.1, -0.05) is 42.1 Å². The summed E-state index contributed by atoms with van der Waals surface area (Å²) >= 11 is 6.28. The number of nitrogens with one attached hydrogen (secondary N) is 1. The van der Waals surface area contributed by atoms with Gasteiger partial charge in [0.15, 0.2) is 11.0 Å². The van der Waals surface area contributed by atoms with Crippen LogP contribution in [-0.2, 0) is 11.3 Å². The van der Waals surface area contributed by atoms with E-state index in [0.29, 0.717) is 5.16 Å². The zero-order chi connectivity index (χ0) is 18.4. The van der Waals surface area contributed by atoms with Crippen molar-refractivity contribution in [3.63, 3.8) is 0 Å². The molecule has 0 aliphatic rings. The molecule has 6 nitrogen and oxygen atoms in total. The van der Waals surface area contributed by atoms with Crippen molar-refractivity contribution in [3.8, 4) is 11.4 Å². The number of aromatic nitrogens is 3. The molecule has 134 valence electrons. The molecule has 0 bridgehead atoms. The van der Waals surface area contributed by atoms with Crippen LogP contribution in [0.4, 0.5) is 0 Å². The number of carbonyl (C=O) groups is 1. The molecular weight excluding hydrogens is 434 g/mol. The Morgan fingerprint density at radius 3 is 2.81 bits per heavy atom. The van der Waals surface area contributed by atoms with Gasteiger partial charge in [0.1, 0.15) is 0 Å². The number of rotatable bonds is 7. The zero-order valence-corrected chi connectivity index (χ0v) is 17.1. The van der Waals surface area contributed by atoms with Crippen molar-refractivity contribution in [1.82, 2.24) is 20.2 Å². The van der Waals surface area contributed by atoms with Crippen LogP contribution < -0.4 is 5.43 Å². The van der Waals surface area contributed by atoms with E-state index in [0.717, 1.165) is 26.6 Å². The molecule has 0 saturated heterocycles. The molecule has 0 atom stereocenters. The average molecular weight is 450 g/mol. The molecule has 1 N–H and O–H groups in total. The van der Waals surface area contributed by atoms with Crippen molar-refractivity contribution in [1.29, 1.82) is 0 Å². The quantitative estimate of drug-likeness (QED) is 0.335. The molecule has 0 saturated carbocycles. The highest BCUT2D eigenvalue weighted by Crippen LogP contribution is 2.23. The maximum absolute atomic E-state index is 12.0. The fraction of sp³-hybridized carbons (Fsp3) is 0.176.